The molecule has 1 aromatic carbocycles. The van der Waals surface area contributed by atoms with Gasteiger partial charge in [-0.3, -0.25) is 4.68 Å². The normalized spacial score (nSPS) is 12.9. The lowest BCUT2D eigenvalue weighted by Gasteiger charge is -2.10. The molecule has 5 heteroatoms. The van der Waals surface area contributed by atoms with E-state index in [-0.39, 0.29) is 0 Å². The molecule has 1 unspecified atom stereocenters. The van der Waals surface area contributed by atoms with E-state index in [0.29, 0.717) is 6.42 Å². The Kier molecular flexibility index (Phi) is 3.31. The van der Waals surface area contributed by atoms with Gasteiger partial charge in [0.1, 0.15) is 12.2 Å². The Morgan fingerprint density at radius 2 is 2.21 bits per heavy atom. The van der Waals surface area contributed by atoms with Crippen molar-refractivity contribution < 1.29 is 5.11 Å². The summed E-state index contributed by atoms with van der Waals surface area (Å²) in [6.07, 6.45) is 1.50. The van der Waals surface area contributed by atoms with Crippen LogP contribution in [0.3, 0.4) is 0 Å². The van der Waals surface area contributed by atoms with Crippen molar-refractivity contribution in [2.45, 2.75) is 26.0 Å². The summed E-state index contributed by atoms with van der Waals surface area (Å²) in [5, 5.41) is 17.7. The standard InChI is InChI=1S/C14H15N3OS/c1-2-17-14(15-9-16-17)7-12(18)11-8-19-13-6-4-3-5-10(11)13/h3-6,8-9,12,18H,2,7H2,1H3. The van der Waals surface area contributed by atoms with Gasteiger partial charge in [-0.05, 0) is 29.3 Å². The molecule has 0 amide bonds. The fourth-order valence-electron chi connectivity index (χ4n) is 2.25. The molecule has 3 aromatic rings. The van der Waals surface area contributed by atoms with Gasteiger partial charge in [-0.2, -0.15) is 5.10 Å². The molecule has 0 fully saturated rings. The minimum atomic E-state index is -0.536. The molecule has 1 atom stereocenters. The van der Waals surface area contributed by atoms with Gasteiger partial charge < -0.3 is 5.11 Å². The van der Waals surface area contributed by atoms with E-state index in [1.165, 1.54) is 11.0 Å². The van der Waals surface area contributed by atoms with Crippen LogP contribution in [0.5, 0.6) is 0 Å². The van der Waals surface area contributed by atoms with Crippen LogP contribution in [0.15, 0.2) is 36.0 Å². The quantitative estimate of drug-likeness (QED) is 0.795. The van der Waals surface area contributed by atoms with Crippen molar-refractivity contribution in [2.24, 2.45) is 0 Å². The van der Waals surface area contributed by atoms with Gasteiger partial charge >= 0.3 is 0 Å². The molecule has 1 N–H and O–H groups in total. The smallest absolute Gasteiger partial charge is 0.138 e. The van der Waals surface area contributed by atoms with E-state index in [0.717, 1.165) is 23.3 Å². The average Bonchev–Trinajstić information content (AvgIpc) is 3.04. The number of aromatic nitrogens is 3. The Labute approximate surface area is 115 Å². The predicted molar refractivity (Wildman–Crippen MR) is 76.2 cm³/mol. The van der Waals surface area contributed by atoms with Crippen LogP contribution in [-0.2, 0) is 13.0 Å². The summed E-state index contributed by atoms with van der Waals surface area (Å²) >= 11 is 1.66. The van der Waals surface area contributed by atoms with Crippen LogP contribution in [0.1, 0.15) is 24.4 Å². The molecule has 98 valence electrons. The topological polar surface area (TPSA) is 50.9 Å². The number of fused-ring (bicyclic) bond motifs is 1. The SMILES string of the molecule is CCn1ncnc1CC(O)c1csc2ccccc12. The monoisotopic (exact) mass is 273 g/mol. The van der Waals surface area contributed by atoms with Gasteiger partial charge in [0.2, 0.25) is 0 Å². The van der Waals surface area contributed by atoms with Crippen LogP contribution in [-0.4, -0.2) is 19.9 Å². The molecular formula is C14H15N3OS. The number of hydrogen-bond acceptors (Lipinski definition) is 4. The van der Waals surface area contributed by atoms with E-state index < -0.39 is 6.10 Å². The lowest BCUT2D eigenvalue weighted by molar-refractivity contribution is 0.176. The van der Waals surface area contributed by atoms with E-state index in [9.17, 15) is 5.11 Å². The second kappa shape index (κ2) is 5.11. The van der Waals surface area contributed by atoms with Crippen molar-refractivity contribution in [1.29, 1.82) is 0 Å². The fourth-order valence-corrected chi connectivity index (χ4v) is 3.26. The van der Waals surface area contributed by atoms with E-state index in [1.807, 2.05) is 29.1 Å². The number of hydrogen-bond donors (Lipinski definition) is 1. The number of aryl methyl sites for hydroxylation is 1. The first-order valence-electron chi connectivity index (χ1n) is 6.30. The Bertz CT molecular complexity index is 689. The summed E-state index contributed by atoms with van der Waals surface area (Å²) in [6, 6.07) is 8.14. The summed E-state index contributed by atoms with van der Waals surface area (Å²) in [5.74, 6) is 0.824. The van der Waals surface area contributed by atoms with Gasteiger partial charge in [0.15, 0.2) is 0 Å². The first-order valence-corrected chi connectivity index (χ1v) is 7.18. The number of nitrogens with zero attached hydrogens (tertiary/aromatic N) is 3. The summed E-state index contributed by atoms with van der Waals surface area (Å²) in [4.78, 5) is 4.21. The zero-order chi connectivity index (χ0) is 13.2. The highest BCUT2D eigenvalue weighted by Gasteiger charge is 2.16. The van der Waals surface area contributed by atoms with Crippen molar-refractivity contribution in [3.8, 4) is 0 Å². The molecule has 0 radical (unpaired) electrons. The Hall–Kier alpha value is -1.72. The van der Waals surface area contributed by atoms with E-state index in [2.05, 4.69) is 22.2 Å². The molecule has 0 aliphatic carbocycles. The highest BCUT2D eigenvalue weighted by molar-refractivity contribution is 7.17. The van der Waals surface area contributed by atoms with Crippen LogP contribution in [0.25, 0.3) is 10.1 Å². The van der Waals surface area contributed by atoms with Crippen molar-refractivity contribution in [3.63, 3.8) is 0 Å². The van der Waals surface area contributed by atoms with Gasteiger partial charge in [-0.1, -0.05) is 18.2 Å². The molecule has 0 aliphatic rings. The van der Waals surface area contributed by atoms with Crippen LogP contribution in [0.4, 0.5) is 0 Å². The van der Waals surface area contributed by atoms with E-state index in [4.69, 9.17) is 0 Å². The van der Waals surface area contributed by atoms with Crippen molar-refractivity contribution in [2.75, 3.05) is 0 Å². The number of thiophene rings is 1. The zero-order valence-corrected chi connectivity index (χ0v) is 11.5. The molecule has 0 aliphatic heterocycles. The Balaban J connectivity index is 1.90. The maximum atomic E-state index is 10.4. The summed E-state index contributed by atoms with van der Waals surface area (Å²) in [6.45, 7) is 2.79. The second-order valence-electron chi connectivity index (χ2n) is 4.40. The van der Waals surface area contributed by atoms with Gasteiger partial charge in [0.25, 0.3) is 0 Å². The zero-order valence-electron chi connectivity index (χ0n) is 10.7. The molecule has 0 spiro atoms. The average molecular weight is 273 g/mol. The molecular weight excluding hydrogens is 258 g/mol. The van der Waals surface area contributed by atoms with Crippen LogP contribution >= 0.6 is 11.3 Å². The van der Waals surface area contributed by atoms with Crippen molar-refractivity contribution in [1.82, 2.24) is 14.8 Å². The number of aliphatic hydroxyl groups excluding tert-OH is 1. The largest absolute Gasteiger partial charge is 0.388 e. The van der Waals surface area contributed by atoms with Gasteiger partial charge in [-0.25, -0.2) is 4.98 Å². The first-order chi connectivity index (χ1) is 9.29. The van der Waals surface area contributed by atoms with Gasteiger partial charge in [-0.15, -0.1) is 11.3 Å². The predicted octanol–water partition coefficient (Wildman–Crippen LogP) is 2.79. The van der Waals surface area contributed by atoms with E-state index >= 15 is 0 Å². The maximum Gasteiger partial charge on any atom is 0.138 e. The molecule has 0 saturated heterocycles. The number of aliphatic hydroxyl groups is 1. The lowest BCUT2D eigenvalue weighted by atomic mass is 10.1. The molecule has 4 nitrogen and oxygen atoms in total. The molecule has 0 saturated carbocycles. The third-order valence-electron chi connectivity index (χ3n) is 3.24. The molecule has 2 heterocycles. The van der Waals surface area contributed by atoms with Gasteiger partial charge in [0.05, 0.1) is 6.10 Å². The molecule has 0 bridgehead atoms. The minimum Gasteiger partial charge on any atom is -0.388 e. The summed E-state index contributed by atoms with van der Waals surface area (Å²) < 4.78 is 3.02. The van der Waals surface area contributed by atoms with Crippen LogP contribution in [0, 0.1) is 0 Å². The minimum absolute atomic E-state index is 0.495. The first kappa shape index (κ1) is 12.3. The Morgan fingerprint density at radius 1 is 1.37 bits per heavy atom. The van der Waals surface area contributed by atoms with Gasteiger partial charge in [0, 0.05) is 17.7 Å². The van der Waals surface area contributed by atoms with E-state index in [1.54, 1.807) is 11.3 Å². The fraction of sp³-hybridized carbons (Fsp3) is 0.286. The molecule has 19 heavy (non-hydrogen) atoms. The van der Waals surface area contributed by atoms with Crippen LogP contribution < -0.4 is 0 Å². The molecule has 2 aromatic heterocycles. The number of benzene rings is 1. The second-order valence-corrected chi connectivity index (χ2v) is 5.31. The molecule has 3 rings (SSSR count). The van der Waals surface area contributed by atoms with Crippen molar-refractivity contribution in [3.05, 3.63) is 47.4 Å². The summed E-state index contributed by atoms with van der Waals surface area (Å²) in [5.41, 5.74) is 0.978. The Morgan fingerprint density at radius 3 is 3.05 bits per heavy atom. The highest BCUT2D eigenvalue weighted by Crippen LogP contribution is 2.31. The maximum absolute atomic E-state index is 10.4. The van der Waals surface area contributed by atoms with Crippen LogP contribution in [0.2, 0.25) is 0 Å². The number of rotatable bonds is 4. The highest BCUT2D eigenvalue weighted by atomic mass is 32.1. The third kappa shape index (κ3) is 2.27. The lowest BCUT2D eigenvalue weighted by Crippen LogP contribution is -2.09. The summed E-state index contributed by atoms with van der Waals surface area (Å²) in [7, 11) is 0. The third-order valence-corrected chi connectivity index (χ3v) is 4.22. The van der Waals surface area contributed by atoms with Crippen molar-refractivity contribution >= 4 is 21.4 Å².